The molecule has 5 heteroatoms. The normalized spacial score (nSPS) is 15.1. The number of fused-ring (bicyclic) bond motifs is 1. The molecule has 2 unspecified atom stereocenters. The van der Waals surface area contributed by atoms with Crippen LogP contribution in [0.4, 0.5) is 13.2 Å². The van der Waals surface area contributed by atoms with Crippen molar-refractivity contribution in [1.82, 2.24) is 10.3 Å². The van der Waals surface area contributed by atoms with Crippen LogP contribution in [0, 0.1) is 6.92 Å². The topological polar surface area (TPSA) is 27.8 Å². The first-order valence-electron chi connectivity index (χ1n) is 6.22. The molecule has 0 saturated carbocycles. The van der Waals surface area contributed by atoms with E-state index in [-0.39, 0.29) is 6.04 Å². The monoisotopic (exact) mass is 270 g/mol. The van der Waals surface area contributed by atoms with Gasteiger partial charge in [0.2, 0.25) is 6.30 Å². The van der Waals surface area contributed by atoms with Crippen molar-refractivity contribution < 1.29 is 13.2 Å². The number of nitrogens with one attached hydrogen (secondary N) is 2. The zero-order valence-electron chi connectivity index (χ0n) is 10.9. The smallest absolute Gasteiger partial charge is 0.282 e. The van der Waals surface area contributed by atoms with Crippen molar-refractivity contribution in [2.45, 2.75) is 39.0 Å². The summed E-state index contributed by atoms with van der Waals surface area (Å²) in [5.41, 5.74) is 3.13. The Hall–Kier alpha value is -1.49. The second kappa shape index (κ2) is 5.65. The third-order valence-corrected chi connectivity index (χ3v) is 3.11. The number of alkyl halides is 3. The van der Waals surface area contributed by atoms with E-state index < -0.39 is 12.7 Å². The molecule has 0 aliphatic carbocycles. The number of rotatable bonds is 5. The lowest BCUT2D eigenvalue weighted by atomic mass is 10.0. The van der Waals surface area contributed by atoms with E-state index in [1.54, 1.807) is 6.92 Å². The van der Waals surface area contributed by atoms with Crippen molar-refractivity contribution in [2.75, 3.05) is 0 Å². The van der Waals surface area contributed by atoms with Gasteiger partial charge in [-0.3, -0.25) is 5.32 Å². The number of benzene rings is 1. The number of aromatic amines is 1. The van der Waals surface area contributed by atoms with Gasteiger partial charge in [0.05, 0.1) is 0 Å². The highest BCUT2D eigenvalue weighted by molar-refractivity contribution is 5.83. The summed E-state index contributed by atoms with van der Waals surface area (Å²) in [5.74, 6) is 0. The predicted molar refractivity (Wildman–Crippen MR) is 70.2 cm³/mol. The summed E-state index contributed by atoms with van der Waals surface area (Å²) in [5, 5.41) is 3.32. The maximum Gasteiger partial charge on any atom is 0.282 e. The number of halogens is 3. The second-order valence-corrected chi connectivity index (χ2v) is 4.87. The maximum absolute atomic E-state index is 12.9. The van der Waals surface area contributed by atoms with Crippen LogP contribution in [0.2, 0.25) is 0 Å². The van der Waals surface area contributed by atoms with E-state index in [1.165, 1.54) is 0 Å². The summed E-state index contributed by atoms with van der Waals surface area (Å²) < 4.78 is 37.2. The SMILES string of the molecule is Cc1ccc2[nH]cc(CC(C)NC(F)C(F)F)c2c1. The fourth-order valence-electron chi connectivity index (χ4n) is 2.19. The third-order valence-electron chi connectivity index (χ3n) is 3.11. The van der Waals surface area contributed by atoms with Crippen molar-refractivity contribution in [3.8, 4) is 0 Å². The molecule has 1 heterocycles. The van der Waals surface area contributed by atoms with Crippen LogP contribution in [-0.4, -0.2) is 23.7 Å². The third kappa shape index (κ3) is 3.29. The minimum Gasteiger partial charge on any atom is -0.361 e. The molecule has 1 aromatic carbocycles. The lowest BCUT2D eigenvalue weighted by Gasteiger charge is -2.16. The molecule has 0 fully saturated rings. The molecule has 0 spiro atoms. The van der Waals surface area contributed by atoms with E-state index >= 15 is 0 Å². The van der Waals surface area contributed by atoms with Gasteiger partial charge in [0.1, 0.15) is 0 Å². The fourth-order valence-corrected chi connectivity index (χ4v) is 2.19. The molecule has 2 rings (SSSR count). The zero-order valence-corrected chi connectivity index (χ0v) is 10.9. The van der Waals surface area contributed by atoms with E-state index in [1.807, 2.05) is 31.3 Å². The lowest BCUT2D eigenvalue weighted by molar-refractivity contribution is 0.0251. The van der Waals surface area contributed by atoms with Crippen LogP contribution in [0.25, 0.3) is 10.9 Å². The summed E-state index contributed by atoms with van der Waals surface area (Å²) in [4.78, 5) is 3.13. The van der Waals surface area contributed by atoms with Gasteiger partial charge in [-0.2, -0.15) is 0 Å². The fraction of sp³-hybridized carbons (Fsp3) is 0.429. The minimum atomic E-state index is -2.99. The Morgan fingerprint density at radius 2 is 2.00 bits per heavy atom. The molecule has 0 radical (unpaired) electrons. The van der Waals surface area contributed by atoms with Crippen LogP contribution in [0.15, 0.2) is 24.4 Å². The van der Waals surface area contributed by atoms with Crippen LogP contribution in [-0.2, 0) is 6.42 Å². The highest BCUT2D eigenvalue weighted by Crippen LogP contribution is 2.21. The Morgan fingerprint density at radius 1 is 1.26 bits per heavy atom. The van der Waals surface area contributed by atoms with Crippen molar-refractivity contribution in [3.63, 3.8) is 0 Å². The van der Waals surface area contributed by atoms with Crippen LogP contribution in [0.5, 0.6) is 0 Å². The van der Waals surface area contributed by atoms with Gasteiger partial charge in [-0.15, -0.1) is 0 Å². The highest BCUT2D eigenvalue weighted by atomic mass is 19.3. The standard InChI is InChI=1S/C14H17F3N2/c1-8-3-4-12-11(5-8)10(7-18-12)6-9(2)19-14(17)13(15)16/h3-5,7,9,13-14,18-19H,6H2,1-2H3. The van der Waals surface area contributed by atoms with Gasteiger partial charge in [0.15, 0.2) is 0 Å². The minimum absolute atomic E-state index is 0.358. The van der Waals surface area contributed by atoms with E-state index in [4.69, 9.17) is 0 Å². The zero-order chi connectivity index (χ0) is 14.0. The summed E-state index contributed by atoms with van der Waals surface area (Å²) in [6, 6.07) is 5.65. The predicted octanol–water partition coefficient (Wildman–Crippen LogP) is 3.56. The molecule has 0 saturated heterocycles. The van der Waals surface area contributed by atoms with Crippen molar-refractivity contribution >= 4 is 10.9 Å². The Bertz CT molecular complexity index is 551. The van der Waals surface area contributed by atoms with Gasteiger partial charge >= 0.3 is 0 Å². The molecule has 0 bridgehead atoms. The van der Waals surface area contributed by atoms with Crippen molar-refractivity contribution in [1.29, 1.82) is 0 Å². The van der Waals surface area contributed by atoms with Crippen LogP contribution in [0.3, 0.4) is 0 Å². The van der Waals surface area contributed by atoms with Crippen LogP contribution < -0.4 is 5.32 Å². The molecule has 2 nitrogen and oxygen atoms in total. The molecule has 0 aliphatic rings. The first kappa shape index (κ1) is 13.9. The molecule has 0 amide bonds. The van der Waals surface area contributed by atoms with E-state index in [9.17, 15) is 13.2 Å². The summed E-state index contributed by atoms with van der Waals surface area (Å²) >= 11 is 0. The van der Waals surface area contributed by atoms with Gasteiger partial charge in [-0.1, -0.05) is 11.6 Å². The van der Waals surface area contributed by atoms with Crippen LogP contribution >= 0.6 is 0 Å². The molecular formula is C14H17F3N2. The van der Waals surface area contributed by atoms with Gasteiger partial charge in [0.25, 0.3) is 6.43 Å². The molecule has 1 aromatic heterocycles. The first-order chi connectivity index (χ1) is 8.97. The van der Waals surface area contributed by atoms with Crippen molar-refractivity contribution in [2.24, 2.45) is 0 Å². The van der Waals surface area contributed by atoms with Crippen LogP contribution in [0.1, 0.15) is 18.1 Å². The van der Waals surface area contributed by atoms with Crippen molar-refractivity contribution in [3.05, 3.63) is 35.5 Å². The van der Waals surface area contributed by atoms with Gasteiger partial charge in [0, 0.05) is 23.1 Å². The number of H-pyrrole nitrogens is 1. The Kier molecular flexibility index (Phi) is 4.14. The summed E-state index contributed by atoms with van der Waals surface area (Å²) in [7, 11) is 0. The van der Waals surface area contributed by atoms with Gasteiger partial charge in [-0.05, 0) is 38.0 Å². The maximum atomic E-state index is 12.9. The quantitative estimate of drug-likeness (QED) is 0.799. The molecule has 2 atom stereocenters. The lowest BCUT2D eigenvalue weighted by Crippen LogP contribution is -2.39. The van der Waals surface area contributed by atoms with E-state index in [0.29, 0.717) is 6.42 Å². The average Bonchev–Trinajstić information content (AvgIpc) is 2.71. The molecular weight excluding hydrogens is 253 g/mol. The second-order valence-electron chi connectivity index (χ2n) is 4.87. The molecule has 104 valence electrons. The largest absolute Gasteiger partial charge is 0.361 e. The Morgan fingerprint density at radius 3 is 2.68 bits per heavy atom. The number of hydrogen-bond donors (Lipinski definition) is 2. The van der Waals surface area contributed by atoms with E-state index in [2.05, 4.69) is 10.3 Å². The molecule has 0 aliphatic heterocycles. The Balaban J connectivity index is 2.10. The number of hydrogen-bond acceptors (Lipinski definition) is 1. The Labute approximate surface area is 110 Å². The number of aromatic nitrogens is 1. The first-order valence-corrected chi connectivity index (χ1v) is 6.22. The molecule has 2 aromatic rings. The van der Waals surface area contributed by atoms with E-state index in [0.717, 1.165) is 22.0 Å². The summed E-state index contributed by atoms with van der Waals surface area (Å²) in [6.07, 6.45) is -2.93. The molecule has 2 N–H and O–H groups in total. The highest BCUT2D eigenvalue weighted by Gasteiger charge is 2.21. The average molecular weight is 270 g/mol. The summed E-state index contributed by atoms with van der Waals surface area (Å²) in [6.45, 7) is 3.69. The van der Waals surface area contributed by atoms with Gasteiger partial charge < -0.3 is 4.98 Å². The van der Waals surface area contributed by atoms with Gasteiger partial charge in [-0.25, -0.2) is 13.2 Å². The number of aryl methyl sites for hydroxylation is 1. The molecule has 19 heavy (non-hydrogen) atoms.